The molecule has 1 atom stereocenters. The van der Waals surface area contributed by atoms with Crippen molar-refractivity contribution in [1.82, 2.24) is 4.90 Å². The summed E-state index contributed by atoms with van der Waals surface area (Å²) in [4.78, 5) is 4.79. The summed E-state index contributed by atoms with van der Waals surface area (Å²) in [6.45, 7) is 9.19. The van der Waals surface area contributed by atoms with E-state index in [9.17, 15) is 5.11 Å². The lowest BCUT2D eigenvalue weighted by Crippen LogP contribution is -2.48. The Bertz CT molecular complexity index is 373. The molecule has 100 valence electrons. The quantitative estimate of drug-likeness (QED) is 0.881. The van der Waals surface area contributed by atoms with Crippen LogP contribution in [-0.4, -0.2) is 48.8 Å². The van der Waals surface area contributed by atoms with Gasteiger partial charge in [-0.15, -0.1) is 0 Å². The van der Waals surface area contributed by atoms with E-state index in [0.29, 0.717) is 0 Å². The summed E-state index contributed by atoms with van der Waals surface area (Å²) in [5.41, 5.74) is 2.64. The lowest BCUT2D eigenvalue weighted by atomic mass is 10.2. The summed E-state index contributed by atoms with van der Waals surface area (Å²) < 4.78 is 0. The van der Waals surface area contributed by atoms with E-state index in [1.807, 2.05) is 6.92 Å². The molecular formula is C15H24N2O. The number of hydrogen-bond acceptors (Lipinski definition) is 3. The molecule has 1 unspecified atom stereocenters. The maximum atomic E-state index is 9.67. The average molecular weight is 248 g/mol. The third-order valence-electron chi connectivity index (χ3n) is 3.68. The SMILES string of the molecule is CCC(O)CN1CCN(c2cccc(C)c2)CC1. The molecule has 1 aromatic carbocycles. The van der Waals surface area contributed by atoms with Crippen LogP contribution in [-0.2, 0) is 0 Å². The lowest BCUT2D eigenvalue weighted by molar-refractivity contribution is 0.106. The summed E-state index contributed by atoms with van der Waals surface area (Å²) in [5, 5.41) is 9.67. The summed E-state index contributed by atoms with van der Waals surface area (Å²) >= 11 is 0. The minimum atomic E-state index is -0.171. The number of β-amino-alcohol motifs (C(OH)–C–C–N with tert-alkyl or cyclic N) is 1. The molecular weight excluding hydrogens is 224 g/mol. The van der Waals surface area contributed by atoms with Gasteiger partial charge in [0.25, 0.3) is 0 Å². The van der Waals surface area contributed by atoms with Gasteiger partial charge in [-0.05, 0) is 31.0 Å². The predicted octanol–water partition coefficient (Wildman–Crippen LogP) is 1.89. The van der Waals surface area contributed by atoms with E-state index in [1.165, 1.54) is 11.3 Å². The number of benzene rings is 1. The molecule has 2 rings (SSSR count). The van der Waals surface area contributed by atoms with Crippen molar-refractivity contribution in [3.05, 3.63) is 29.8 Å². The molecule has 1 N–H and O–H groups in total. The summed E-state index contributed by atoms with van der Waals surface area (Å²) in [7, 11) is 0. The maximum absolute atomic E-state index is 9.67. The van der Waals surface area contributed by atoms with Gasteiger partial charge in [0.1, 0.15) is 0 Å². The Labute approximate surface area is 110 Å². The Morgan fingerprint density at radius 2 is 1.94 bits per heavy atom. The zero-order chi connectivity index (χ0) is 13.0. The van der Waals surface area contributed by atoms with Crippen LogP contribution in [0.1, 0.15) is 18.9 Å². The first-order valence-electron chi connectivity index (χ1n) is 6.91. The van der Waals surface area contributed by atoms with Gasteiger partial charge in [0.05, 0.1) is 6.10 Å². The van der Waals surface area contributed by atoms with Gasteiger partial charge in [-0.2, -0.15) is 0 Å². The molecule has 0 spiro atoms. The van der Waals surface area contributed by atoms with Crippen molar-refractivity contribution in [2.45, 2.75) is 26.4 Å². The number of aliphatic hydroxyl groups excluding tert-OH is 1. The van der Waals surface area contributed by atoms with Crippen molar-refractivity contribution in [3.8, 4) is 0 Å². The Hall–Kier alpha value is -1.06. The van der Waals surface area contributed by atoms with Gasteiger partial charge in [-0.25, -0.2) is 0 Å². The molecule has 0 aromatic heterocycles. The van der Waals surface area contributed by atoms with Crippen molar-refractivity contribution in [2.24, 2.45) is 0 Å². The zero-order valence-electron chi connectivity index (χ0n) is 11.5. The largest absolute Gasteiger partial charge is 0.392 e. The monoisotopic (exact) mass is 248 g/mol. The first-order chi connectivity index (χ1) is 8.69. The lowest BCUT2D eigenvalue weighted by Gasteiger charge is -2.37. The molecule has 3 heteroatoms. The molecule has 0 aliphatic carbocycles. The Morgan fingerprint density at radius 1 is 1.22 bits per heavy atom. The zero-order valence-corrected chi connectivity index (χ0v) is 11.5. The number of nitrogens with zero attached hydrogens (tertiary/aromatic N) is 2. The number of anilines is 1. The van der Waals surface area contributed by atoms with Crippen LogP contribution in [0.5, 0.6) is 0 Å². The fraction of sp³-hybridized carbons (Fsp3) is 0.600. The molecule has 1 heterocycles. The van der Waals surface area contributed by atoms with Crippen molar-refractivity contribution in [2.75, 3.05) is 37.6 Å². The maximum Gasteiger partial charge on any atom is 0.0664 e. The van der Waals surface area contributed by atoms with Crippen LogP contribution in [0.3, 0.4) is 0 Å². The molecule has 0 saturated carbocycles. The van der Waals surface area contributed by atoms with Crippen LogP contribution >= 0.6 is 0 Å². The number of rotatable bonds is 4. The molecule has 18 heavy (non-hydrogen) atoms. The standard InChI is InChI=1S/C15H24N2O/c1-3-15(18)12-16-7-9-17(10-8-16)14-6-4-5-13(2)11-14/h4-6,11,15,18H,3,7-10,12H2,1-2H3. The predicted molar refractivity (Wildman–Crippen MR) is 76.1 cm³/mol. The van der Waals surface area contributed by atoms with E-state index in [0.717, 1.165) is 39.1 Å². The third kappa shape index (κ3) is 3.47. The first-order valence-corrected chi connectivity index (χ1v) is 6.91. The fourth-order valence-corrected chi connectivity index (χ4v) is 2.44. The van der Waals surface area contributed by atoms with E-state index < -0.39 is 0 Å². The average Bonchev–Trinajstić information content (AvgIpc) is 2.39. The van der Waals surface area contributed by atoms with Gasteiger partial charge in [0.15, 0.2) is 0 Å². The second-order valence-corrected chi connectivity index (χ2v) is 5.19. The van der Waals surface area contributed by atoms with Crippen LogP contribution in [0, 0.1) is 6.92 Å². The summed E-state index contributed by atoms with van der Waals surface area (Å²) in [6.07, 6.45) is 0.675. The smallest absolute Gasteiger partial charge is 0.0664 e. The molecule has 1 aliphatic heterocycles. The van der Waals surface area contributed by atoms with Gasteiger partial charge in [-0.1, -0.05) is 19.1 Å². The highest BCUT2D eigenvalue weighted by Crippen LogP contribution is 2.17. The molecule has 1 aliphatic rings. The fourth-order valence-electron chi connectivity index (χ4n) is 2.44. The third-order valence-corrected chi connectivity index (χ3v) is 3.68. The summed E-state index contributed by atoms with van der Waals surface area (Å²) in [6, 6.07) is 8.69. The minimum Gasteiger partial charge on any atom is -0.392 e. The number of aliphatic hydroxyl groups is 1. The second-order valence-electron chi connectivity index (χ2n) is 5.19. The normalized spacial score (nSPS) is 18.9. The highest BCUT2D eigenvalue weighted by Gasteiger charge is 2.18. The molecule has 3 nitrogen and oxygen atoms in total. The van der Waals surface area contributed by atoms with Crippen molar-refractivity contribution in [1.29, 1.82) is 0 Å². The second kappa shape index (κ2) is 6.21. The highest BCUT2D eigenvalue weighted by molar-refractivity contribution is 5.48. The number of aryl methyl sites for hydroxylation is 1. The van der Waals surface area contributed by atoms with Gasteiger partial charge in [0.2, 0.25) is 0 Å². The molecule has 1 aromatic rings. The van der Waals surface area contributed by atoms with E-state index in [4.69, 9.17) is 0 Å². The molecule has 1 saturated heterocycles. The van der Waals surface area contributed by atoms with Crippen LogP contribution in [0.15, 0.2) is 24.3 Å². The molecule has 1 fully saturated rings. The minimum absolute atomic E-state index is 0.171. The van der Waals surface area contributed by atoms with Crippen molar-refractivity contribution in [3.63, 3.8) is 0 Å². The number of piperazine rings is 1. The Kier molecular flexibility index (Phi) is 4.61. The topological polar surface area (TPSA) is 26.7 Å². The van der Waals surface area contributed by atoms with E-state index in [1.54, 1.807) is 0 Å². The van der Waals surface area contributed by atoms with E-state index in [2.05, 4.69) is 41.0 Å². The van der Waals surface area contributed by atoms with Crippen LogP contribution in [0.25, 0.3) is 0 Å². The highest BCUT2D eigenvalue weighted by atomic mass is 16.3. The van der Waals surface area contributed by atoms with E-state index in [-0.39, 0.29) is 6.10 Å². The van der Waals surface area contributed by atoms with Crippen LogP contribution in [0.2, 0.25) is 0 Å². The van der Waals surface area contributed by atoms with Gasteiger partial charge >= 0.3 is 0 Å². The molecule has 0 radical (unpaired) electrons. The first kappa shape index (κ1) is 13.4. The Morgan fingerprint density at radius 3 is 2.56 bits per heavy atom. The molecule has 0 amide bonds. The van der Waals surface area contributed by atoms with Gasteiger partial charge in [-0.3, -0.25) is 4.90 Å². The Balaban J connectivity index is 1.87. The van der Waals surface area contributed by atoms with Gasteiger partial charge < -0.3 is 10.0 Å². The van der Waals surface area contributed by atoms with Gasteiger partial charge in [0, 0.05) is 38.4 Å². The van der Waals surface area contributed by atoms with Crippen LogP contribution in [0.4, 0.5) is 5.69 Å². The number of hydrogen-bond donors (Lipinski definition) is 1. The van der Waals surface area contributed by atoms with Crippen molar-refractivity contribution >= 4 is 5.69 Å². The van der Waals surface area contributed by atoms with E-state index >= 15 is 0 Å². The van der Waals surface area contributed by atoms with Crippen molar-refractivity contribution < 1.29 is 5.11 Å². The molecule has 0 bridgehead atoms. The summed E-state index contributed by atoms with van der Waals surface area (Å²) in [5.74, 6) is 0. The van der Waals surface area contributed by atoms with Crippen LogP contribution < -0.4 is 4.90 Å².